The Bertz CT molecular complexity index is 1350. The molecule has 9 heteroatoms. The number of aromatic nitrogens is 1. The summed E-state index contributed by atoms with van der Waals surface area (Å²) in [4.78, 5) is 6.71. The van der Waals surface area contributed by atoms with Crippen molar-refractivity contribution in [3.63, 3.8) is 0 Å². The molecular formula is C31H38FN3O4S. The summed E-state index contributed by atoms with van der Waals surface area (Å²) in [6.07, 6.45) is 6.90. The van der Waals surface area contributed by atoms with Crippen molar-refractivity contribution in [1.82, 2.24) is 14.2 Å². The van der Waals surface area contributed by atoms with Gasteiger partial charge in [0.05, 0.1) is 18.8 Å². The average Bonchev–Trinajstić information content (AvgIpc) is 2.96. The molecule has 2 fully saturated rings. The first-order chi connectivity index (χ1) is 19.3. The van der Waals surface area contributed by atoms with E-state index in [4.69, 9.17) is 9.47 Å². The van der Waals surface area contributed by atoms with Crippen molar-refractivity contribution in [2.24, 2.45) is 5.41 Å². The fourth-order valence-corrected chi connectivity index (χ4v) is 7.37. The molecule has 0 amide bonds. The molecule has 0 unspecified atom stereocenters. The van der Waals surface area contributed by atoms with Gasteiger partial charge in [-0.25, -0.2) is 12.8 Å². The summed E-state index contributed by atoms with van der Waals surface area (Å²) >= 11 is 0. The van der Waals surface area contributed by atoms with Gasteiger partial charge in [-0.3, -0.25) is 9.88 Å². The van der Waals surface area contributed by atoms with Crippen LogP contribution in [0, 0.1) is 11.2 Å². The summed E-state index contributed by atoms with van der Waals surface area (Å²) in [5, 5.41) is 0. The molecule has 0 atom stereocenters. The lowest BCUT2D eigenvalue weighted by atomic mass is 9.71. The number of likely N-dealkylation sites (tertiary alicyclic amines) is 1. The van der Waals surface area contributed by atoms with Crippen molar-refractivity contribution in [2.75, 3.05) is 39.4 Å². The molecule has 0 bridgehead atoms. The van der Waals surface area contributed by atoms with Crippen LogP contribution in [0.15, 0.2) is 65.8 Å². The molecule has 1 aromatic heterocycles. The smallest absolute Gasteiger partial charge is 0.244 e. The Kier molecular flexibility index (Phi) is 8.73. The van der Waals surface area contributed by atoms with Crippen LogP contribution in [0.1, 0.15) is 45.1 Å². The first-order valence-corrected chi connectivity index (χ1v) is 15.6. The number of hydrogen-bond donors (Lipinski definition) is 0. The van der Waals surface area contributed by atoms with Gasteiger partial charge in [-0.05, 0) is 106 Å². The minimum absolute atomic E-state index is 0.191. The van der Waals surface area contributed by atoms with E-state index in [-0.39, 0.29) is 16.1 Å². The van der Waals surface area contributed by atoms with Gasteiger partial charge in [-0.15, -0.1) is 0 Å². The highest BCUT2D eigenvalue weighted by atomic mass is 32.2. The molecule has 0 saturated carbocycles. The van der Waals surface area contributed by atoms with Crippen LogP contribution in [0.5, 0.6) is 11.5 Å². The van der Waals surface area contributed by atoms with Gasteiger partial charge in [0.1, 0.15) is 22.2 Å². The maximum absolute atomic E-state index is 13.6. The fraction of sp³-hybridized carbons (Fsp3) is 0.452. The lowest BCUT2D eigenvalue weighted by Gasteiger charge is -2.46. The number of nitrogens with zero attached hydrogens (tertiary/aromatic N) is 3. The van der Waals surface area contributed by atoms with E-state index in [1.807, 2.05) is 13.8 Å². The highest BCUT2D eigenvalue weighted by molar-refractivity contribution is 7.89. The number of rotatable bonds is 9. The zero-order valence-electron chi connectivity index (χ0n) is 23.3. The second-order valence-electron chi connectivity index (χ2n) is 10.7. The molecule has 0 radical (unpaired) electrons. The SMILES string of the molecule is CCOc1cc(CN2CCC3(CC2)CCN(S(=O)(=O)c2cccnc2)CC3)cc(OCC)c1-c1ccc(F)cc1. The van der Waals surface area contributed by atoms with Crippen molar-refractivity contribution in [3.05, 3.63) is 72.3 Å². The summed E-state index contributed by atoms with van der Waals surface area (Å²) in [6, 6.07) is 13.9. The summed E-state index contributed by atoms with van der Waals surface area (Å²) in [5.74, 6) is 1.21. The van der Waals surface area contributed by atoms with Crippen LogP contribution in [-0.2, 0) is 16.6 Å². The van der Waals surface area contributed by atoms with Crippen molar-refractivity contribution in [1.29, 1.82) is 0 Å². The molecule has 40 heavy (non-hydrogen) atoms. The third-order valence-electron chi connectivity index (χ3n) is 8.24. The van der Waals surface area contributed by atoms with Crippen LogP contribution >= 0.6 is 0 Å². The van der Waals surface area contributed by atoms with Crippen LogP contribution in [0.25, 0.3) is 11.1 Å². The van der Waals surface area contributed by atoms with Crippen LogP contribution in [0.4, 0.5) is 4.39 Å². The molecule has 3 aromatic rings. The van der Waals surface area contributed by atoms with E-state index in [0.717, 1.165) is 73.5 Å². The number of hydrogen-bond acceptors (Lipinski definition) is 6. The highest BCUT2D eigenvalue weighted by Crippen LogP contribution is 2.44. The largest absolute Gasteiger partial charge is 0.493 e. The van der Waals surface area contributed by atoms with Gasteiger partial charge in [-0.1, -0.05) is 12.1 Å². The lowest BCUT2D eigenvalue weighted by molar-refractivity contribution is 0.0529. The number of sulfonamides is 1. The molecule has 214 valence electrons. The van der Waals surface area contributed by atoms with E-state index in [9.17, 15) is 12.8 Å². The topological polar surface area (TPSA) is 72.0 Å². The van der Waals surface area contributed by atoms with E-state index in [0.29, 0.717) is 26.3 Å². The predicted octanol–water partition coefficient (Wildman–Crippen LogP) is 5.75. The Morgan fingerprint density at radius 2 is 1.50 bits per heavy atom. The van der Waals surface area contributed by atoms with Crippen LogP contribution in [-0.4, -0.2) is 62.0 Å². The van der Waals surface area contributed by atoms with Gasteiger partial charge in [0, 0.05) is 32.0 Å². The minimum Gasteiger partial charge on any atom is -0.493 e. The van der Waals surface area contributed by atoms with Crippen LogP contribution in [0.2, 0.25) is 0 Å². The fourth-order valence-electron chi connectivity index (χ4n) is 5.97. The Labute approximate surface area is 237 Å². The molecule has 3 heterocycles. The zero-order chi connectivity index (χ0) is 28.2. The van der Waals surface area contributed by atoms with Crippen molar-refractivity contribution < 1.29 is 22.3 Å². The number of pyridine rings is 1. The monoisotopic (exact) mass is 567 g/mol. The van der Waals surface area contributed by atoms with Gasteiger partial charge >= 0.3 is 0 Å². The quantitative estimate of drug-likeness (QED) is 0.328. The van der Waals surface area contributed by atoms with Gasteiger partial charge in [0.25, 0.3) is 0 Å². The van der Waals surface area contributed by atoms with Crippen molar-refractivity contribution in [3.8, 4) is 22.6 Å². The van der Waals surface area contributed by atoms with Crippen LogP contribution < -0.4 is 9.47 Å². The maximum atomic E-state index is 13.6. The summed E-state index contributed by atoms with van der Waals surface area (Å²) in [7, 11) is -3.49. The molecular weight excluding hydrogens is 529 g/mol. The van der Waals surface area contributed by atoms with Crippen LogP contribution in [0.3, 0.4) is 0 Å². The molecule has 2 aliphatic rings. The Balaban J connectivity index is 1.25. The molecule has 0 N–H and O–H groups in total. The third kappa shape index (κ3) is 6.16. The normalized spacial score (nSPS) is 18.1. The number of piperidine rings is 2. The standard InChI is InChI=1S/C31H38FN3O4S/c1-3-38-28-20-24(21-29(39-4-2)30(28)25-7-9-26(32)10-8-25)23-34-16-11-31(12-17-34)13-18-35(19-14-31)40(36,37)27-6-5-15-33-22-27/h5-10,15,20-22H,3-4,11-14,16-19,23H2,1-2H3. The Morgan fingerprint density at radius 1 is 0.900 bits per heavy atom. The summed E-state index contributed by atoms with van der Waals surface area (Å²) in [6.45, 7) is 8.76. The molecule has 2 aromatic carbocycles. The van der Waals surface area contributed by atoms with E-state index >= 15 is 0 Å². The lowest BCUT2D eigenvalue weighted by Crippen LogP contribution is -2.48. The Hall–Kier alpha value is -3.01. The van der Waals surface area contributed by atoms with E-state index < -0.39 is 10.0 Å². The van der Waals surface area contributed by atoms with Gasteiger partial charge in [-0.2, -0.15) is 4.31 Å². The number of halogens is 1. The number of benzene rings is 2. The first-order valence-electron chi connectivity index (χ1n) is 14.1. The number of ether oxygens (including phenoxy) is 2. The molecule has 2 aliphatic heterocycles. The molecule has 7 nitrogen and oxygen atoms in total. The van der Waals surface area contributed by atoms with Crippen molar-refractivity contribution >= 4 is 10.0 Å². The molecule has 0 aliphatic carbocycles. The third-order valence-corrected chi connectivity index (χ3v) is 10.1. The minimum atomic E-state index is -3.49. The summed E-state index contributed by atoms with van der Waals surface area (Å²) in [5.41, 5.74) is 3.01. The van der Waals surface area contributed by atoms with Gasteiger partial charge in [0.2, 0.25) is 10.0 Å². The predicted molar refractivity (Wildman–Crippen MR) is 153 cm³/mol. The first kappa shape index (κ1) is 28.5. The second kappa shape index (κ2) is 12.2. The van der Waals surface area contributed by atoms with E-state index in [2.05, 4.69) is 22.0 Å². The summed E-state index contributed by atoms with van der Waals surface area (Å²) < 4.78 is 53.4. The zero-order valence-corrected chi connectivity index (χ0v) is 24.1. The van der Waals surface area contributed by atoms with Gasteiger partial charge in [0.15, 0.2) is 0 Å². The Morgan fingerprint density at radius 3 is 2.05 bits per heavy atom. The van der Waals surface area contributed by atoms with Gasteiger partial charge < -0.3 is 9.47 Å². The van der Waals surface area contributed by atoms with Crippen molar-refractivity contribution in [2.45, 2.75) is 51.0 Å². The molecule has 1 spiro atoms. The highest BCUT2D eigenvalue weighted by Gasteiger charge is 2.40. The molecule has 2 saturated heterocycles. The second-order valence-corrected chi connectivity index (χ2v) is 12.6. The average molecular weight is 568 g/mol. The maximum Gasteiger partial charge on any atom is 0.244 e. The van der Waals surface area contributed by atoms with E-state index in [1.165, 1.54) is 18.3 Å². The van der Waals surface area contributed by atoms with E-state index in [1.54, 1.807) is 34.8 Å². The molecule has 5 rings (SSSR count).